The van der Waals surface area contributed by atoms with Crippen LogP contribution in [0.3, 0.4) is 0 Å². The van der Waals surface area contributed by atoms with E-state index in [1.165, 1.54) is 0 Å². The van der Waals surface area contributed by atoms with Crippen LogP contribution in [0.25, 0.3) is 0 Å². The van der Waals surface area contributed by atoms with E-state index in [-0.39, 0.29) is 32.8 Å². The van der Waals surface area contributed by atoms with E-state index >= 15 is 0 Å². The van der Waals surface area contributed by atoms with E-state index in [4.69, 9.17) is 0 Å². The Morgan fingerprint density at radius 1 is 0.800 bits per heavy atom. The number of hydrogen-bond donors (Lipinski definition) is 0. The van der Waals surface area contributed by atoms with E-state index in [0.29, 0.717) is 0 Å². The second-order valence-corrected chi connectivity index (χ2v) is 2.61. The molecule has 2 nitrogen and oxygen atoms in total. The zero-order valence-corrected chi connectivity index (χ0v) is 9.40. The molecule has 0 aromatic rings. The number of nitrogens with zero attached hydrogens (tertiary/aromatic N) is 2. The van der Waals surface area contributed by atoms with Gasteiger partial charge >= 0.3 is 0 Å². The molecular formula is C6H17ClN2Pd. The molecule has 0 aliphatic carbocycles. The molecule has 0 aromatic carbocycles. The van der Waals surface area contributed by atoms with Gasteiger partial charge in [0.15, 0.2) is 0 Å². The summed E-state index contributed by atoms with van der Waals surface area (Å²) in [5.74, 6) is 0. The molecule has 10 heavy (non-hydrogen) atoms. The van der Waals surface area contributed by atoms with Crippen LogP contribution in [0.1, 0.15) is 0 Å². The second kappa shape index (κ2) is 9.87. The third kappa shape index (κ3) is 15.9. The van der Waals surface area contributed by atoms with Crippen LogP contribution < -0.4 is 0 Å². The van der Waals surface area contributed by atoms with Crippen LogP contribution in [0.15, 0.2) is 0 Å². The summed E-state index contributed by atoms with van der Waals surface area (Å²) in [7, 11) is 8.35. The molecule has 4 heteroatoms. The first-order valence-corrected chi connectivity index (χ1v) is 2.92. The van der Waals surface area contributed by atoms with Gasteiger partial charge in [0, 0.05) is 33.5 Å². The summed E-state index contributed by atoms with van der Waals surface area (Å²) in [6, 6.07) is 0. The van der Waals surface area contributed by atoms with Crippen molar-refractivity contribution >= 4 is 12.4 Å². The second-order valence-electron chi connectivity index (χ2n) is 2.61. The first kappa shape index (κ1) is 17.1. The minimum Gasteiger partial charge on any atom is -0.308 e. The minimum atomic E-state index is 0. The van der Waals surface area contributed by atoms with Crippen molar-refractivity contribution in [3.63, 3.8) is 0 Å². The van der Waals surface area contributed by atoms with Gasteiger partial charge in [-0.05, 0) is 28.2 Å². The van der Waals surface area contributed by atoms with Crippen LogP contribution in [0.2, 0.25) is 0 Å². The Morgan fingerprint density at radius 2 is 1.00 bits per heavy atom. The van der Waals surface area contributed by atoms with Gasteiger partial charge in [0.1, 0.15) is 0 Å². The fraction of sp³-hybridized carbons (Fsp3) is 1.00. The van der Waals surface area contributed by atoms with Crippen LogP contribution in [0.5, 0.6) is 0 Å². The quantitative estimate of drug-likeness (QED) is 0.682. The number of hydrogen-bond acceptors (Lipinski definition) is 2. The average Bonchev–Trinajstić information content (AvgIpc) is 1.61. The first-order valence-electron chi connectivity index (χ1n) is 2.92. The van der Waals surface area contributed by atoms with Gasteiger partial charge in [0.05, 0.1) is 0 Å². The maximum Gasteiger partial charge on any atom is 0.0103 e. The van der Waals surface area contributed by atoms with Gasteiger partial charge in [-0.25, -0.2) is 0 Å². The Bertz CT molecular complexity index is 51.7. The summed E-state index contributed by atoms with van der Waals surface area (Å²) in [6.07, 6.45) is 0. The van der Waals surface area contributed by atoms with Crippen molar-refractivity contribution < 1.29 is 20.4 Å². The molecule has 68 valence electrons. The molecule has 0 aliphatic heterocycles. The molecule has 0 unspecified atom stereocenters. The zero-order chi connectivity index (χ0) is 6.57. The van der Waals surface area contributed by atoms with Gasteiger partial charge in [-0.1, -0.05) is 0 Å². The summed E-state index contributed by atoms with van der Waals surface area (Å²) in [4.78, 5) is 4.36. The van der Waals surface area contributed by atoms with E-state index < -0.39 is 0 Å². The molecule has 0 N–H and O–H groups in total. The van der Waals surface area contributed by atoms with Gasteiger partial charge in [-0.15, -0.1) is 12.4 Å². The molecular weight excluding hydrogens is 242 g/mol. The maximum absolute atomic E-state index is 2.18. The Balaban J connectivity index is -0.000000245. The zero-order valence-electron chi connectivity index (χ0n) is 7.03. The van der Waals surface area contributed by atoms with Crippen LogP contribution in [0.4, 0.5) is 0 Å². The standard InChI is InChI=1S/C6H16N2.ClH.Pd/c1-7(2)5-6-8(3)4;;/h5-6H2,1-4H3;1H;. The summed E-state index contributed by atoms with van der Waals surface area (Å²) < 4.78 is 0. The van der Waals surface area contributed by atoms with Crippen molar-refractivity contribution in [2.24, 2.45) is 0 Å². The number of rotatable bonds is 3. The van der Waals surface area contributed by atoms with Gasteiger partial charge in [0.2, 0.25) is 0 Å². The molecule has 0 bridgehead atoms. The van der Waals surface area contributed by atoms with Gasteiger partial charge in [0.25, 0.3) is 0 Å². The molecule has 0 fully saturated rings. The molecule has 0 atom stereocenters. The van der Waals surface area contributed by atoms with Crippen molar-refractivity contribution in [3.8, 4) is 0 Å². The minimum absolute atomic E-state index is 0. The molecule has 0 saturated carbocycles. The molecule has 0 saturated heterocycles. The average molecular weight is 259 g/mol. The van der Waals surface area contributed by atoms with Gasteiger partial charge in [-0.2, -0.15) is 0 Å². The maximum atomic E-state index is 2.18. The molecule has 0 aliphatic rings. The van der Waals surface area contributed by atoms with E-state index in [9.17, 15) is 0 Å². The smallest absolute Gasteiger partial charge is 0.0103 e. The third-order valence-electron chi connectivity index (χ3n) is 0.994. The van der Waals surface area contributed by atoms with Crippen LogP contribution in [0, 0.1) is 0 Å². The van der Waals surface area contributed by atoms with E-state index in [1.807, 2.05) is 0 Å². The SMILES string of the molecule is CN(C)CCN(C)C.Cl.[Pd]. The molecule has 0 heterocycles. The fourth-order valence-electron chi connectivity index (χ4n) is 0.400. The summed E-state index contributed by atoms with van der Waals surface area (Å²) >= 11 is 0. The van der Waals surface area contributed by atoms with E-state index in [0.717, 1.165) is 13.1 Å². The van der Waals surface area contributed by atoms with Gasteiger partial charge in [-0.3, -0.25) is 0 Å². The van der Waals surface area contributed by atoms with Crippen molar-refractivity contribution in [2.75, 3.05) is 41.3 Å². The molecule has 0 amide bonds. The Hall–Kier alpha value is 0.872. The van der Waals surface area contributed by atoms with E-state index in [1.54, 1.807) is 0 Å². The number of likely N-dealkylation sites (N-methyl/N-ethyl adjacent to an activating group) is 2. The summed E-state index contributed by atoms with van der Waals surface area (Å²) in [5.41, 5.74) is 0. The van der Waals surface area contributed by atoms with Crippen LogP contribution in [-0.2, 0) is 20.4 Å². The van der Waals surface area contributed by atoms with Crippen LogP contribution >= 0.6 is 12.4 Å². The predicted molar refractivity (Wildman–Crippen MR) is 44.4 cm³/mol. The Kier molecular flexibility index (Phi) is 16.9. The number of halogens is 1. The van der Waals surface area contributed by atoms with Crippen molar-refractivity contribution in [1.29, 1.82) is 0 Å². The first-order chi connectivity index (χ1) is 3.63. The predicted octanol–water partition coefficient (Wildman–Crippen LogP) is 0.529. The molecule has 0 aromatic heterocycles. The third-order valence-corrected chi connectivity index (χ3v) is 0.994. The Morgan fingerprint density at radius 3 is 1.10 bits per heavy atom. The van der Waals surface area contributed by atoms with Gasteiger partial charge < -0.3 is 9.80 Å². The molecule has 0 radical (unpaired) electrons. The largest absolute Gasteiger partial charge is 0.308 e. The summed E-state index contributed by atoms with van der Waals surface area (Å²) in [6.45, 7) is 2.29. The van der Waals surface area contributed by atoms with Crippen molar-refractivity contribution in [1.82, 2.24) is 9.80 Å². The topological polar surface area (TPSA) is 6.48 Å². The Labute approximate surface area is 84.0 Å². The normalized spacial score (nSPS) is 9.00. The fourth-order valence-corrected chi connectivity index (χ4v) is 0.400. The summed E-state index contributed by atoms with van der Waals surface area (Å²) in [5, 5.41) is 0. The van der Waals surface area contributed by atoms with E-state index in [2.05, 4.69) is 38.0 Å². The van der Waals surface area contributed by atoms with Crippen molar-refractivity contribution in [2.45, 2.75) is 0 Å². The molecule has 0 rings (SSSR count). The van der Waals surface area contributed by atoms with Crippen molar-refractivity contribution in [3.05, 3.63) is 0 Å². The van der Waals surface area contributed by atoms with Crippen LogP contribution in [-0.4, -0.2) is 51.1 Å². The molecule has 0 spiro atoms. The monoisotopic (exact) mass is 258 g/mol.